The Bertz CT molecular complexity index is 932. The van der Waals surface area contributed by atoms with E-state index in [0.29, 0.717) is 11.3 Å². The average Bonchev–Trinajstić information content (AvgIpc) is 2.71. The Morgan fingerprint density at radius 3 is 1.96 bits per heavy atom. The van der Waals surface area contributed by atoms with Crippen LogP contribution in [0.4, 0.5) is 5.69 Å². The predicted octanol–water partition coefficient (Wildman–Crippen LogP) is 5.11. The molecule has 0 aliphatic heterocycles. The second-order valence-corrected chi connectivity index (χ2v) is 5.92. The van der Waals surface area contributed by atoms with Crippen LogP contribution >= 0.6 is 0 Å². The molecule has 4 heteroatoms. The molecule has 0 fully saturated rings. The number of carboxylic acid groups (broad SMARTS) is 1. The van der Waals surface area contributed by atoms with Crippen LogP contribution in [0.1, 0.15) is 11.6 Å². The molecule has 3 aromatic rings. The molecule has 0 bridgehead atoms. The van der Waals surface area contributed by atoms with E-state index in [1.54, 1.807) is 24.5 Å². The topological polar surface area (TPSA) is 62.2 Å². The van der Waals surface area contributed by atoms with Gasteiger partial charge in [-0.2, -0.15) is 0 Å². The highest BCUT2D eigenvalue weighted by atomic mass is 16.4. The summed E-state index contributed by atoms with van der Waals surface area (Å²) >= 11 is 0. The van der Waals surface area contributed by atoms with Gasteiger partial charge in [0, 0.05) is 11.8 Å². The molecular formula is C23H20N2O2. The van der Waals surface area contributed by atoms with Gasteiger partial charge in [-0.3, -0.25) is 4.98 Å². The second-order valence-electron chi connectivity index (χ2n) is 5.92. The van der Waals surface area contributed by atoms with Crippen LogP contribution in [0.5, 0.6) is 0 Å². The molecule has 1 heterocycles. The van der Waals surface area contributed by atoms with Crippen LogP contribution in [-0.4, -0.2) is 16.1 Å². The lowest BCUT2D eigenvalue weighted by Gasteiger charge is -2.16. The molecular weight excluding hydrogens is 336 g/mol. The normalized spacial score (nSPS) is 11.1. The van der Waals surface area contributed by atoms with Crippen LogP contribution in [-0.2, 0) is 4.79 Å². The summed E-state index contributed by atoms with van der Waals surface area (Å²) in [6, 6.07) is 27.8. The minimum Gasteiger partial charge on any atom is -0.479 e. The molecule has 0 aliphatic rings. The lowest BCUT2D eigenvalue weighted by atomic mass is 10.1. The van der Waals surface area contributed by atoms with E-state index in [9.17, 15) is 9.90 Å². The first-order valence-corrected chi connectivity index (χ1v) is 8.62. The number of rotatable bonds is 5. The van der Waals surface area contributed by atoms with Gasteiger partial charge in [0.2, 0.25) is 0 Å². The van der Waals surface area contributed by atoms with Crippen molar-refractivity contribution in [2.75, 3.05) is 5.32 Å². The van der Waals surface area contributed by atoms with Gasteiger partial charge in [-0.05, 0) is 17.2 Å². The summed E-state index contributed by atoms with van der Waals surface area (Å²) in [7, 11) is 0. The van der Waals surface area contributed by atoms with E-state index in [0.717, 1.165) is 11.1 Å². The number of aliphatic carboxylic acids is 1. The third kappa shape index (κ3) is 5.16. The van der Waals surface area contributed by atoms with Crippen LogP contribution in [0.2, 0.25) is 0 Å². The maximum atomic E-state index is 11.7. The summed E-state index contributed by atoms with van der Waals surface area (Å²) in [6.07, 6.45) is 3.39. The van der Waals surface area contributed by atoms with Gasteiger partial charge in [-0.1, -0.05) is 84.9 Å². The minimum atomic E-state index is -0.940. The third-order valence-corrected chi connectivity index (χ3v) is 3.98. The van der Waals surface area contributed by atoms with Crippen molar-refractivity contribution in [3.8, 4) is 11.1 Å². The first-order valence-electron chi connectivity index (χ1n) is 8.62. The highest BCUT2D eigenvalue weighted by molar-refractivity contribution is 5.79. The zero-order valence-electron chi connectivity index (χ0n) is 14.7. The fourth-order valence-corrected chi connectivity index (χ4v) is 2.66. The molecule has 0 spiro atoms. The molecule has 0 radical (unpaired) electrons. The standard InChI is InChI=1S/C23H20N2O2/c26-23(27)22(19-13-9-6-10-14-19)25-21-15-20(16-24-17-21)18-11-7-4-2-1-3-5-8-12-18/h1-17,22,25H,(H,26,27). The van der Waals surface area contributed by atoms with Gasteiger partial charge in [-0.15, -0.1) is 0 Å². The van der Waals surface area contributed by atoms with Gasteiger partial charge >= 0.3 is 5.97 Å². The molecule has 0 saturated carbocycles. The largest absolute Gasteiger partial charge is 0.479 e. The summed E-state index contributed by atoms with van der Waals surface area (Å²) in [6.45, 7) is 0. The number of nitrogens with one attached hydrogen (secondary N) is 1. The van der Waals surface area contributed by atoms with E-state index < -0.39 is 12.0 Å². The molecule has 27 heavy (non-hydrogen) atoms. The Morgan fingerprint density at radius 1 is 0.778 bits per heavy atom. The average molecular weight is 356 g/mol. The molecule has 0 aliphatic carbocycles. The molecule has 1 atom stereocenters. The lowest BCUT2D eigenvalue weighted by Crippen LogP contribution is -2.20. The number of aromatic nitrogens is 1. The fourth-order valence-electron chi connectivity index (χ4n) is 2.66. The molecule has 1 unspecified atom stereocenters. The maximum Gasteiger partial charge on any atom is 0.330 e. The first-order chi connectivity index (χ1) is 13.2. The Hall–Kier alpha value is -3.66. The van der Waals surface area contributed by atoms with Crippen molar-refractivity contribution >= 4 is 11.7 Å². The van der Waals surface area contributed by atoms with Crippen molar-refractivity contribution in [3.05, 3.63) is 109 Å². The Balaban J connectivity index is 1.93. The fraction of sp³-hybridized carbons (Fsp3) is 0.0435. The summed E-state index contributed by atoms with van der Waals surface area (Å²) in [5.74, 6) is -0.940. The Morgan fingerprint density at radius 2 is 1.33 bits per heavy atom. The Labute approximate surface area is 158 Å². The summed E-state index contributed by atoms with van der Waals surface area (Å²) < 4.78 is 0. The van der Waals surface area contributed by atoms with Crippen LogP contribution in [0.15, 0.2) is 103 Å². The van der Waals surface area contributed by atoms with Gasteiger partial charge in [0.15, 0.2) is 6.04 Å². The van der Waals surface area contributed by atoms with Gasteiger partial charge in [-0.25, -0.2) is 4.79 Å². The van der Waals surface area contributed by atoms with Crippen LogP contribution < -0.4 is 5.32 Å². The zero-order valence-corrected chi connectivity index (χ0v) is 14.7. The van der Waals surface area contributed by atoms with E-state index >= 15 is 0 Å². The van der Waals surface area contributed by atoms with Crippen LogP contribution in [0, 0.1) is 0 Å². The molecule has 4 nitrogen and oxygen atoms in total. The smallest absolute Gasteiger partial charge is 0.330 e. The van der Waals surface area contributed by atoms with Crippen LogP contribution in [0.3, 0.4) is 0 Å². The van der Waals surface area contributed by atoms with Crippen molar-refractivity contribution in [1.29, 1.82) is 0 Å². The summed E-state index contributed by atoms with van der Waals surface area (Å²) in [5.41, 5.74) is 3.22. The van der Waals surface area contributed by atoms with E-state index in [2.05, 4.69) is 10.3 Å². The van der Waals surface area contributed by atoms with E-state index in [-0.39, 0.29) is 0 Å². The number of hydrogen-bond acceptors (Lipinski definition) is 3. The van der Waals surface area contributed by atoms with Crippen molar-refractivity contribution < 1.29 is 9.90 Å². The van der Waals surface area contributed by atoms with E-state index in [1.807, 2.05) is 78.9 Å². The number of benzene rings is 1. The number of carboxylic acids is 1. The quantitative estimate of drug-likeness (QED) is 0.667. The zero-order chi connectivity index (χ0) is 18.9. The second kappa shape index (κ2) is 9.15. The van der Waals surface area contributed by atoms with Crippen molar-refractivity contribution in [2.24, 2.45) is 0 Å². The SMILES string of the molecule is O=C(O)C(Nc1cncc(-c2ccccccccc2)c1)c1ccccc1. The van der Waals surface area contributed by atoms with Crippen molar-refractivity contribution in [1.82, 2.24) is 4.98 Å². The summed E-state index contributed by atoms with van der Waals surface area (Å²) in [5, 5.41) is 12.7. The molecule has 2 N–H and O–H groups in total. The molecule has 3 rings (SSSR count). The van der Waals surface area contributed by atoms with Gasteiger partial charge in [0.1, 0.15) is 0 Å². The number of hydrogen-bond donors (Lipinski definition) is 2. The number of carbonyl (C=O) groups is 1. The van der Waals surface area contributed by atoms with Gasteiger partial charge < -0.3 is 10.4 Å². The highest BCUT2D eigenvalue weighted by Crippen LogP contribution is 2.24. The molecule has 1 aromatic heterocycles. The highest BCUT2D eigenvalue weighted by Gasteiger charge is 2.19. The third-order valence-electron chi connectivity index (χ3n) is 3.98. The summed E-state index contributed by atoms with van der Waals surface area (Å²) in [4.78, 5) is 16.0. The van der Waals surface area contributed by atoms with E-state index in [4.69, 9.17) is 0 Å². The maximum absolute atomic E-state index is 11.7. The Kier molecular flexibility index (Phi) is 6.15. The molecule has 0 amide bonds. The van der Waals surface area contributed by atoms with Gasteiger partial charge in [0.25, 0.3) is 0 Å². The molecule has 134 valence electrons. The lowest BCUT2D eigenvalue weighted by molar-refractivity contribution is -0.138. The first kappa shape index (κ1) is 18.1. The van der Waals surface area contributed by atoms with E-state index in [1.165, 1.54) is 0 Å². The number of anilines is 1. The number of pyridine rings is 1. The molecule has 2 aromatic carbocycles. The van der Waals surface area contributed by atoms with Gasteiger partial charge in [0.05, 0.1) is 11.9 Å². The predicted molar refractivity (Wildman–Crippen MR) is 108 cm³/mol. The number of nitrogens with zero attached hydrogens (tertiary/aromatic N) is 1. The minimum absolute atomic E-state index is 0.648. The molecule has 0 saturated heterocycles. The van der Waals surface area contributed by atoms with Crippen LogP contribution in [0.25, 0.3) is 11.1 Å². The van der Waals surface area contributed by atoms with Crippen molar-refractivity contribution in [2.45, 2.75) is 6.04 Å². The van der Waals surface area contributed by atoms with Crippen molar-refractivity contribution in [3.63, 3.8) is 0 Å². The monoisotopic (exact) mass is 356 g/mol.